The van der Waals surface area contributed by atoms with Crippen molar-refractivity contribution in [2.75, 3.05) is 40.4 Å². The van der Waals surface area contributed by atoms with Gasteiger partial charge < -0.3 is 25.4 Å². The van der Waals surface area contributed by atoms with Crippen LogP contribution in [0.3, 0.4) is 0 Å². The molecule has 0 aromatic heterocycles. The van der Waals surface area contributed by atoms with Gasteiger partial charge in [-0.3, -0.25) is 9.79 Å². The van der Waals surface area contributed by atoms with Crippen LogP contribution in [0, 0.1) is 0 Å². The second-order valence-corrected chi connectivity index (χ2v) is 5.57. The van der Waals surface area contributed by atoms with Crippen LogP contribution in [0.15, 0.2) is 59.6 Å². The van der Waals surface area contributed by atoms with E-state index in [9.17, 15) is 4.79 Å². The number of hydrogen-bond acceptors (Lipinski definition) is 4. The molecule has 0 saturated carbocycles. The molecule has 0 aliphatic rings. The summed E-state index contributed by atoms with van der Waals surface area (Å²) in [6.07, 6.45) is 0. The molecule has 28 heavy (non-hydrogen) atoms. The molecule has 152 valence electrons. The summed E-state index contributed by atoms with van der Waals surface area (Å²) in [6.45, 7) is 2.16. The zero-order valence-electron chi connectivity index (χ0n) is 16.1. The summed E-state index contributed by atoms with van der Waals surface area (Å²) < 4.78 is 10.8. The van der Waals surface area contributed by atoms with Gasteiger partial charge in [0.2, 0.25) is 0 Å². The Morgan fingerprint density at radius 3 is 2.14 bits per heavy atom. The van der Waals surface area contributed by atoms with E-state index in [1.165, 1.54) is 0 Å². The van der Waals surface area contributed by atoms with Crippen molar-refractivity contribution in [1.29, 1.82) is 0 Å². The Morgan fingerprint density at radius 1 is 0.893 bits per heavy atom. The van der Waals surface area contributed by atoms with Gasteiger partial charge in [-0.2, -0.15) is 0 Å². The van der Waals surface area contributed by atoms with Gasteiger partial charge >= 0.3 is 0 Å². The standard InChI is InChI=1S/C20H26N4O3.HI/c1-21-20(23-13-12-22-19(25)16-6-4-3-5-7-16)24-14-15-27-18-10-8-17(26-2)9-11-18;/h3-11H,12-15H2,1-2H3,(H,22,25)(H2,21,23,24);1H. The minimum absolute atomic E-state index is 0. The number of benzene rings is 2. The molecule has 0 heterocycles. The van der Waals surface area contributed by atoms with E-state index in [1.54, 1.807) is 26.3 Å². The van der Waals surface area contributed by atoms with Gasteiger partial charge in [0.25, 0.3) is 5.91 Å². The van der Waals surface area contributed by atoms with Crippen molar-refractivity contribution in [3.05, 3.63) is 60.2 Å². The molecule has 0 aliphatic heterocycles. The molecular weight excluding hydrogens is 471 g/mol. The molecule has 8 heteroatoms. The minimum Gasteiger partial charge on any atom is -0.497 e. The maximum absolute atomic E-state index is 11.9. The highest BCUT2D eigenvalue weighted by Crippen LogP contribution is 2.16. The summed E-state index contributed by atoms with van der Waals surface area (Å²) in [6, 6.07) is 16.6. The number of methoxy groups -OCH3 is 1. The van der Waals surface area contributed by atoms with Gasteiger partial charge in [-0.15, -0.1) is 24.0 Å². The molecule has 7 nitrogen and oxygen atoms in total. The van der Waals surface area contributed by atoms with Crippen molar-refractivity contribution in [1.82, 2.24) is 16.0 Å². The molecule has 0 spiro atoms. The molecular formula is C20H27IN4O3. The maximum Gasteiger partial charge on any atom is 0.251 e. The Bertz CT molecular complexity index is 724. The molecule has 0 fully saturated rings. The largest absolute Gasteiger partial charge is 0.497 e. The average Bonchev–Trinajstić information content (AvgIpc) is 2.73. The van der Waals surface area contributed by atoms with Crippen LogP contribution in [0.4, 0.5) is 0 Å². The molecule has 2 rings (SSSR count). The number of nitrogens with zero attached hydrogens (tertiary/aromatic N) is 1. The van der Waals surface area contributed by atoms with Crippen LogP contribution in [0.2, 0.25) is 0 Å². The van der Waals surface area contributed by atoms with Gasteiger partial charge in [0.05, 0.1) is 13.7 Å². The summed E-state index contributed by atoms with van der Waals surface area (Å²) in [5, 5.41) is 9.16. The first-order valence-corrected chi connectivity index (χ1v) is 8.77. The number of aliphatic imine (C=N–C) groups is 1. The number of nitrogens with one attached hydrogen (secondary N) is 3. The fourth-order valence-electron chi connectivity index (χ4n) is 2.28. The quantitative estimate of drug-likeness (QED) is 0.214. The third-order valence-corrected chi connectivity index (χ3v) is 3.69. The van der Waals surface area contributed by atoms with Crippen molar-refractivity contribution in [3.63, 3.8) is 0 Å². The predicted octanol–water partition coefficient (Wildman–Crippen LogP) is 2.29. The van der Waals surface area contributed by atoms with Crippen molar-refractivity contribution >= 4 is 35.8 Å². The third-order valence-electron chi connectivity index (χ3n) is 3.69. The zero-order chi connectivity index (χ0) is 19.3. The Labute approximate surface area is 182 Å². The smallest absolute Gasteiger partial charge is 0.251 e. The zero-order valence-corrected chi connectivity index (χ0v) is 18.4. The van der Waals surface area contributed by atoms with Crippen LogP contribution >= 0.6 is 24.0 Å². The lowest BCUT2D eigenvalue weighted by Crippen LogP contribution is -2.42. The minimum atomic E-state index is -0.0896. The van der Waals surface area contributed by atoms with Crippen molar-refractivity contribution in [2.45, 2.75) is 0 Å². The number of halogens is 1. The van der Waals surface area contributed by atoms with Crippen LogP contribution in [-0.2, 0) is 0 Å². The van der Waals surface area contributed by atoms with Crippen LogP contribution in [0.5, 0.6) is 11.5 Å². The van der Waals surface area contributed by atoms with Gasteiger partial charge in [-0.05, 0) is 36.4 Å². The monoisotopic (exact) mass is 498 g/mol. The van der Waals surface area contributed by atoms with Crippen molar-refractivity contribution in [2.24, 2.45) is 4.99 Å². The number of guanidine groups is 1. The highest BCUT2D eigenvalue weighted by atomic mass is 127. The van der Waals surface area contributed by atoms with E-state index in [2.05, 4.69) is 20.9 Å². The molecule has 0 radical (unpaired) electrons. The molecule has 0 aliphatic carbocycles. The van der Waals surface area contributed by atoms with Crippen LogP contribution < -0.4 is 25.4 Å². The lowest BCUT2D eigenvalue weighted by Gasteiger charge is -2.13. The van der Waals surface area contributed by atoms with Gasteiger partial charge in [0, 0.05) is 25.7 Å². The van der Waals surface area contributed by atoms with E-state index in [0.29, 0.717) is 37.8 Å². The molecule has 2 aromatic rings. The Balaban J connectivity index is 0.00000392. The average molecular weight is 498 g/mol. The second kappa shape index (κ2) is 13.6. The van der Waals surface area contributed by atoms with Gasteiger partial charge in [0.15, 0.2) is 5.96 Å². The van der Waals surface area contributed by atoms with Crippen LogP contribution in [0.25, 0.3) is 0 Å². The fourth-order valence-corrected chi connectivity index (χ4v) is 2.28. The Hall–Kier alpha value is -2.49. The number of ether oxygens (including phenoxy) is 2. The lowest BCUT2D eigenvalue weighted by molar-refractivity contribution is 0.0954. The number of amides is 1. The van der Waals surface area contributed by atoms with Crippen LogP contribution in [0.1, 0.15) is 10.4 Å². The number of carbonyl (C=O) groups excluding carboxylic acids is 1. The van der Waals surface area contributed by atoms with Gasteiger partial charge in [0.1, 0.15) is 18.1 Å². The van der Waals surface area contributed by atoms with Gasteiger partial charge in [-0.1, -0.05) is 18.2 Å². The first kappa shape index (κ1) is 23.5. The summed E-state index contributed by atoms with van der Waals surface area (Å²) in [7, 11) is 3.33. The molecule has 3 N–H and O–H groups in total. The van der Waals surface area contributed by atoms with E-state index in [4.69, 9.17) is 9.47 Å². The topological polar surface area (TPSA) is 84.0 Å². The Morgan fingerprint density at radius 2 is 1.50 bits per heavy atom. The lowest BCUT2D eigenvalue weighted by atomic mass is 10.2. The van der Waals surface area contributed by atoms with E-state index in [-0.39, 0.29) is 29.9 Å². The normalized spacial score (nSPS) is 10.4. The molecule has 2 aromatic carbocycles. The highest BCUT2D eigenvalue weighted by molar-refractivity contribution is 14.0. The van der Waals surface area contributed by atoms with E-state index in [0.717, 1.165) is 11.5 Å². The Kier molecular flexibility index (Phi) is 11.5. The first-order valence-electron chi connectivity index (χ1n) is 8.77. The summed E-state index contributed by atoms with van der Waals surface area (Å²) >= 11 is 0. The highest BCUT2D eigenvalue weighted by Gasteiger charge is 2.03. The number of rotatable bonds is 9. The second-order valence-electron chi connectivity index (χ2n) is 5.57. The number of carbonyl (C=O) groups is 1. The molecule has 0 unspecified atom stereocenters. The van der Waals surface area contributed by atoms with Crippen molar-refractivity contribution < 1.29 is 14.3 Å². The molecule has 0 bridgehead atoms. The van der Waals surface area contributed by atoms with Crippen molar-refractivity contribution in [3.8, 4) is 11.5 Å². The summed E-state index contributed by atoms with van der Waals surface area (Å²) in [5.74, 6) is 2.14. The predicted molar refractivity (Wildman–Crippen MR) is 122 cm³/mol. The maximum atomic E-state index is 11.9. The first-order chi connectivity index (χ1) is 13.2. The number of hydrogen-bond donors (Lipinski definition) is 3. The van der Waals surface area contributed by atoms with Crippen LogP contribution in [-0.4, -0.2) is 52.3 Å². The molecule has 0 atom stereocenters. The third kappa shape index (κ3) is 8.47. The van der Waals surface area contributed by atoms with E-state index >= 15 is 0 Å². The fraction of sp³-hybridized carbons (Fsp3) is 0.300. The summed E-state index contributed by atoms with van der Waals surface area (Å²) in [5.41, 5.74) is 0.649. The summed E-state index contributed by atoms with van der Waals surface area (Å²) in [4.78, 5) is 16.1. The molecule has 1 amide bonds. The van der Waals surface area contributed by atoms with E-state index < -0.39 is 0 Å². The molecule has 0 saturated heterocycles. The van der Waals surface area contributed by atoms with E-state index in [1.807, 2.05) is 42.5 Å². The SMILES string of the molecule is CN=C(NCCNC(=O)c1ccccc1)NCCOc1ccc(OC)cc1.I. The van der Waals surface area contributed by atoms with Gasteiger partial charge in [-0.25, -0.2) is 0 Å².